The highest BCUT2D eigenvalue weighted by Crippen LogP contribution is 2.41. The van der Waals surface area contributed by atoms with Crippen molar-refractivity contribution in [2.24, 2.45) is 0 Å². The van der Waals surface area contributed by atoms with Crippen LogP contribution in [-0.4, -0.2) is 59.3 Å². The van der Waals surface area contributed by atoms with E-state index in [4.69, 9.17) is 18.9 Å². The number of carbonyl (C=O) groups is 4. The van der Waals surface area contributed by atoms with Crippen molar-refractivity contribution in [1.29, 1.82) is 0 Å². The summed E-state index contributed by atoms with van der Waals surface area (Å²) in [6, 6.07) is -0.649. The Labute approximate surface area is 146 Å². The predicted molar refractivity (Wildman–Crippen MR) is 81.2 cm³/mol. The number of nitrogens with one attached hydrogen (secondary N) is 1. The highest BCUT2D eigenvalue weighted by atomic mass is 79.9. The molecule has 1 amide bonds. The molecule has 0 aromatic heterocycles. The van der Waals surface area contributed by atoms with Gasteiger partial charge in [0, 0.05) is 32.5 Å². The van der Waals surface area contributed by atoms with Gasteiger partial charge < -0.3 is 24.3 Å². The molecule has 10 heteroatoms. The third-order valence-electron chi connectivity index (χ3n) is 3.83. The van der Waals surface area contributed by atoms with Crippen LogP contribution in [0.2, 0.25) is 0 Å². The van der Waals surface area contributed by atoms with Crippen molar-refractivity contribution in [1.82, 2.24) is 5.32 Å². The van der Waals surface area contributed by atoms with E-state index in [-0.39, 0.29) is 11.8 Å². The molecule has 2 fully saturated rings. The molecule has 2 rings (SSSR count). The molecule has 1 aliphatic heterocycles. The minimum atomic E-state index is -1.24. The highest BCUT2D eigenvalue weighted by Gasteiger charge is 2.63. The number of halogens is 1. The fourth-order valence-corrected chi connectivity index (χ4v) is 3.74. The van der Waals surface area contributed by atoms with Crippen molar-refractivity contribution < 1.29 is 38.1 Å². The lowest BCUT2D eigenvalue weighted by atomic mass is 9.75. The van der Waals surface area contributed by atoms with E-state index in [9.17, 15) is 19.2 Å². The van der Waals surface area contributed by atoms with Crippen LogP contribution in [-0.2, 0) is 33.3 Å². The summed E-state index contributed by atoms with van der Waals surface area (Å²) in [5.74, 6) is -1.91. The van der Waals surface area contributed by atoms with Crippen LogP contribution in [0.3, 0.4) is 0 Å². The van der Waals surface area contributed by atoms with Crippen LogP contribution in [0.1, 0.15) is 27.2 Å². The molecule has 5 unspecified atom stereocenters. The fourth-order valence-electron chi connectivity index (χ4n) is 3.08. The third kappa shape index (κ3) is 3.63. The average molecular weight is 408 g/mol. The van der Waals surface area contributed by atoms with Crippen molar-refractivity contribution >= 4 is 39.9 Å². The Bertz CT molecular complexity index is 567. The Balaban J connectivity index is 2.48. The smallest absolute Gasteiger partial charge is 0.408 e. The van der Waals surface area contributed by atoms with Crippen LogP contribution >= 0.6 is 15.9 Å². The van der Waals surface area contributed by atoms with E-state index in [1.54, 1.807) is 0 Å². The Morgan fingerprint density at radius 3 is 2.17 bits per heavy atom. The molecule has 1 saturated carbocycles. The van der Waals surface area contributed by atoms with Crippen molar-refractivity contribution in [2.75, 3.05) is 5.33 Å². The second kappa shape index (κ2) is 6.96. The molecule has 1 heterocycles. The molecule has 5 atom stereocenters. The molecule has 134 valence electrons. The van der Waals surface area contributed by atoms with Crippen LogP contribution in [0.4, 0.5) is 4.79 Å². The summed E-state index contributed by atoms with van der Waals surface area (Å²) in [5.41, 5.74) is -1.24. The number of fused-ring (bicyclic) bond motifs is 2. The van der Waals surface area contributed by atoms with E-state index in [1.807, 2.05) is 0 Å². The number of hydrogen-bond donors (Lipinski definition) is 1. The molecule has 0 radical (unpaired) electrons. The zero-order valence-electron chi connectivity index (χ0n) is 13.4. The number of amides is 1. The summed E-state index contributed by atoms with van der Waals surface area (Å²) in [6.45, 7) is 3.56. The Morgan fingerprint density at radius 1 is 1.12 bits per heavy atom. The standard InChI is InChI=1S/C14H18BrNO8/c1-6(17)21-10-9-4-14(5-15,24-13(20)16-9)12(23-8(3)19)11(10)22-7(2)18/h9-12H,4-5H2,1-3H3,(H,16,20). The van der Waals surface area contributed by atoms with Crippen molar-refractivity contribution in [2.45, 2.75) is 57.1 Å². The number of hydrogen-bond acceptors (Lipinski definition) is 8. The van der Waals surface area contributed by atoms with Gasteiger partial charge in [-0.25, -0.2) is 4.79 Å². The quantitative estimate of drug-likeness (QED) is 0.404. The summed E-state index contributed by atoms with van der Waals surface area (Å²) >= 11 is 3.27. The maximum atomic E-state index is 11.9. The van der Waals surface area contributed by atoms with Crippen molar-refractivity contribution in [3.05, 3.63) is 0 Å². The molecule has 24 heavy (non-hydrogen) atoms. The minimum absolute atomic E-state index is 0.145. The minimum Gasteiger partial charge on any atom is -0.456 e. The van der Waals surface area contributed by atoms with Gasteiger partial charge in [-0.15, -0.1) is 0 Å². The molecular formula is C14H18BrNO8. The molecule has 0 aromatic rings. The normalized spacial score (nSPS) is 34.4. The molecular weight excluding hydrogens is 390 g/mol. The lowest BCUT2D eigenvalue weighted by molar-refractivity contribution is -0.231. The highest BCUT2D eigenvalue weighted by molar-refractivity contribution is 9.09. The van der Waals surface area contributed by atoms with E-state index in [2.05, 4.69) is 21.2 Å². The molecule has 9 nitrogen and oxygen atoms in total. The fraction of sp³-hybridized carbons (Fsp3) is 0.714. The van der Waals surface area contributed by atoms with E-state index in [0.29, 0.717) is 0 Å². The SMILES string of the molecule is CC(=O)OC1C2CC(CBr)(OC(=O)N2)C(OC(C)=O)C1OC(C)=O. The number of alkyl halides is 1. The molecule has 1 saturated heterocycles. The molecule has 0 spiro atoms. The zero-order valence-corrected chi connectivity index (χ0v) is 15.0. The first-order valence-electron chi connectivity index (χ1n) is 7.25. The Kier molecular flexibility index (Phi) is 5.36. The molecule has 2 aliphatic rings. The van der Waals surface area contributed by atoms with Gasteiger partial charge in [-0.1, -0.05) is 15.9 Å². The molecule has 1 N–H and O–H groups in total. The first-order valence-corrected chi connectivity index (χ1v) is 8.38. The lowest BCUT2D eigenvalue weighted by Gasteiger charge is -2.52. The van der Waals surface area contributed by atoms with Gasteiger partial charge in [0.15, 0.2) is 23.9 Å². The maximum Gasteiger partial charge on any atom is 0.408 e. The molecule has 2 bridgehead atoms. The first-order chi connectivity index (χ1) is 11.2. The Hall–Kier alpha value is -1.84. The number of rotatable bonds is 4. The van der Waals surface area contributed by atoms with Crippen LogP contribution < -0.4 is 5.32 Å². The van der Waals surface area contributed by atoms with Gasteiger partial charge in [0.25, 0.3) is 0 Å². The van der Waals surface area contributed by atoms with Crippen LogP contribution in [0.5, 0.6) is 0 Å². The molecule has 1 aliphatic carbocycles. The van der Waals surface area contributed by atoms with Crippen LogP contribution in [0.25, 0.3) is 0 Å². The largest absolute Gasteiger partial charge is 0.456 e. The maximum absolute atomic E-state index is 11.9. The van der Waals surface area contributed by atoms with E-state index in [0.717, 1.165) is 0 Å². The Morgan fingerprint density at radius 2 is 1.67 bits per heavy atom. The van der Waals surface area contributed by atoms with Gasteiger partial charge in [0.1, 0.15) is 0 Å². The topological polar surface area (TPSA) is 117 Å². The van der Waals surface area contributed by atoms with Gasteiger partial charge in [0.2, 0.25) is 0 Å². The van der Waals surface area contributed by atoms with Gasteiger partial charge in [-0.2, -0.15) is 0 Å². The predicted octanol–water partition coefficient (Wildman–Crippen LogP) is 0.427. The average Bonchev–Trinajstić information content (AvgIpc) is 2.46. The van der Waals surface area contributed by atoms with Crippen molar-refractivity contribution in [3.8, 4) is 0 Å². The number of ether oxygens (including phenoxy) is 4. The lowest BCUT2D eigenvalue weighted by Crippen LogP contribution is -2.74. The summed E-state index contributed by atoms with van der Waals surface area (Å²) in [4.78, 5) is 46.4. The summed E-state index contributed by atoms with van der Waals surface area (Å²) in [6.07, 6.45) is -3.77. The summed E-state index contributed by atoms with van der Waals surface area (Å²) in [7, 11) is 0. The summed E-state index contributed by atoms with van der Waals surface area (Å²) < 4.78 is 21.2. The zero-order chi connectivity index (χ0) is 18.1. The second-order valence-corrected chi connectivity index (χ2v) is 6.28. The van der Waals surface area contributed by atoms with Gasteiger partial charge in [-0.3, -0.25) is 14.4 Å². The van der Waals surface area contributed by atoms with Crippen LogP contribution in [0, 0.1) is 0 Å². The molecule has 0 aromatic carbocycles. The van der Waals surface area contributed by atoms with Crippen molar-refractivity contribution in [3.63, 3.8) is 0 Å². The third-order valence-corrected chi connectivity index (χ3v) is 4.77. The van der Waals surface area contributed by atoms with E-state index in [1.165, 1.54) is 20.8 Å². The summed E-state index contributed by atoms with van der Waals surface area (Å²) in [5, 5.41) is 2.69. The van der Waals surface area contributed by atoms with Crippen LogP contribution in [0.15, 0.2) is 0 Å². The second-order valence-electron chi connectivity index (χ2n) is 5.72. The van der Waals surface area contributed by atoms with E-state index < -0.39 is 54.0 Å². The van der Waals surface area contributed by atoms with Gasteiger partial charge in [0.05, 0.1) is 6.04 Å². The van der Waals surface area contributed by atoms with Gasteiger partial charge in [-0.05, 0) is 0 Å². The van der Waals surface area contributed by atoms with E-state index >= 15 is 0 Å². The monoisotopic (exact) mass is 407 g/mol. The number of alkyl carbamates (subject to hydrolysis) is 1. The first kappa shape index (κ1) is 18.5. The number of carbonyl (C=O) groups excluding carboxylic acids is 4. The van der Waals surface area contributed by atoms with Gasteiger partial charge >= 0.3 is 24.0 Å². The number of esters is 3.